The third-order valence-electron chi connectivity index (χ3n) is 9.05. The number of piperidine rings is 1. The van der Waals surface area contributed by atoms with Crippen LogP contribution in [-0.4, -0.2) is 80.1 Å². The maximum absolute atomic E-state index is 14.4. The molecule has 1 N–H and O–H groups in total. The maximum atomic E-state index is 14.4. The van der Waals surface area contributed by atoms with Gasteiger partial charge in [0.25, 0.3) is 11.8 Å². The first-order valence-corrected chi connectivity index (χ1v) is 14.3. The van der Waals surface area contributed by atoms with E-state index in [0.29, 0.717) is 5.52 Å². The number of nitrogens with zero attached hydrogens (tertiary/aromatic N) is 5. The van der Waals surface area contributed by atoms with Crippen molar-refractivity contribution in [3.05, 3.63) is 71.3 Å². The van der Waals surface area contributed by atoms with Crippen LogP contribution in [0.4, 0.5) is 9.18 Å². The van der Waals surface area contributed by atoms with Crippen LogP contribution in [0.2, 0.25) is 0 Å². The summed E-state index contributed by atoms with van der Waals surface area (Å²) in [6.45, 7) is 2.50. The molecule has 0 radical (unpaired) electrons. The molecule has 3 fully saturated rings. The van der Waals surface area contributed by atoms with Crippen LogP contribution in [0.15, 0.2) is 48.8 Å². The Morgan fingerprint density at radius 1 is 1.05 bits per heavy atom. The predicted molar refractivity (Wildman–Crippen MR) is 152 cm³/mol. The van der Waals surface area contributed by atoms with Gasteiger partial charge < -0.3 is 15.1 Å². The number of nitrogens with one attached hydrogen (secondary N) is 1. The number of aryl methyl sites for hydroxylation is 1. The molecule has 2 aromatic carbocycles. The molecule has 1 saturated carbocycles. The van der Waals surface area contributed by atoms with Gasteiger partial charge in [-0.2, -0.15) is 0 Å². The second-order valence-corrected chi connectivity index (χ2v) is 11.6. The quantitative estimate of drug-likeness (QED) is 0.453. The summed E-state index contributed by atoms with van der Waals surface area (Å²) in [6, 6.07) is 8.76. The Hall–Kier alpha value is -4.41. The number of carbonyl (C=O) groups is 4. The normalized spacial score (nSPS) is 19.4. The fourth-order valence-electron chi connectivity index (χ4n) is 6.35. The summed E-state index contributed by atoms with van der Waals surface area (Å²) in [6.07, 6.45) is 6.34. The fourth-order valence-corrected chi connectivity index (χ4v) is 6.35. The molecule has 11 heteroatoms. The fraction of sp³-hybridized carbons (Fsp3) is 0.419. The third-order valence-corrected chi connectivity index (χ3v) is 9.05. The zero-order valence-corrected chi connectivity index (χ0v) is 23.7. The van der Waals surface area contributed by atoms with Crippen LogP contribution in [0.3, 0.4) is 0 Å². The topological polar surface area (TPSA) is 116 Å². The van der Waals surface area contributed by atoms with Crippen molar-refractivity contribution in [2.75, 3.05) is 20.1 Å². The van der Waals surface area contributed by atoms with Crippen LogP contribution in [0.1, 0.15) is 53.6 Å². The first-order valence-electron chi connectivity index (χ1n) is 14.3. The highest BCUT2D eigenvalue weighted by Gasteiger charge is 2.57. The highest BCUT2D eigenvalue weighted by atomic mass is 19.1. The average Bonchev–Trinajstić information content (AvgIpc) is 3.13. The van der Waals surface area contributed by atoms with Crippen LogP contribution in [0.5, 0.6) is 0 Å². The number of carbonyl (C=O) groups excluding carboxylic acids is 4. The van der Waals surface area contributed by atoms with Crippen molar-refractivity contribution in [1.82, 2.24) is 30.0 Å². The van der Waals surface area contributed by atoms with Gasteiger partial charge in [0.05, 0.1) is 16.6 Å². The maximum Gasteiger partial charge on any atom is 0.327 e. The molecule has 10 nitrogen and oxygen atoms in total. The van der Waals surface area contributed by atoms with Crippen molar-refractivity contribution < 1.29 is 23.6 Å². The molecule has 3 aromatic rings. The van der Waals surface area contributed by atoms with Crippen LogP contribution in [0, 0.1) is 18.7 Å². The minimum absolute atomic E-state index is 0.0291. The van der Waals surface area contributed by atoms with Crippen molar-refractivity contribution in [2.24, 2.45) is 5.92 Å². The smallest absolute Gasteiger partial charge is 0.327 e. The predicted octanol–water partition coefficient (Wildman–Crippen LogP) is 3.43. The second-order valence-electron chi connectivity index (χ2n) is 11.6. The van der Waals surface area contributed by atoms with Crippen LogP contribution in [0.25, 0.3) is 11.0 Å². The number of benzene rings is 2. The van der Waals surface area contributed by atoms with Gasteiger partial charge in [-0.1, -0.05) is 24.1 Å². The number of likely N-dealkylation sites (N-methyl/N-ethyl adjacent to an activating group) is 1. The molecule has 6 rings (SSSR count). The number of fused-ring (bicyclic) bond motifs is 1. The van der Waals surface area contributed by atoms with E-state index >= 15 is 0 Å². The van der Waals surface area contributed by atoms with Gasteiger partial charge in [0.2, 0.25) is 5.91 Å². The molecular formula is C31H33FN6O4. The van der Waals surface area contributed by atoms with E-state index in [0.717, 1.165) is 40.8 Å². The summed E-state index contributed by atoms with van der Waals surface area (Å²) in [5, 5.41) is 2.82. The van der Waals surface area contributed by atoms with Gasteiger partial charge in [-0.3, -0.25) is 29.3 Å². The summed E-state index contributed by atoms with van der Waals surface area (Å²) in [4.78, 5) is 66.7. The first kappa shape index (κ1) is 27.7. The molecule has 1 aromatic heterocycles. The summed E-state index contributed by atoms with van der Waals surface area (Å²) >= 11 is 0. The summed E-state index contributed by atoms with van der Waals surface area (Å²) in [5.74, 6) is -1.79. The lowest BCUT2D eigenvalue weighted by Crippen LogP contribution is -2.60. The van der Waals surface area contributed by atoms with E-state index in [4.69, 9.17) is 0 Å². The number of imide groups is 1. The number of halogens is 1. The number of urea groups is 1. The van der Waals surface area contributed by atoms with Crippen molar-refractivity contribution in [3.63, 3.8) is 0 Å². The van der Waals surface area contributed by atoms with E-state index in [1.54, 1.807) is 35.2 Å². The van der Waals surface area contributed by atoms with Gasteiger partial charge in [-0.05, 0) is 68.4 Å². The van der Waals surface area contributed by atoms with E-state index in [1.807, 2.05) is 18.2 Å². The van der Waals surface area contributed by atoms with Crippen LogP contribution < -0.4 is 5.32 Å². The highest BCUT2D eigenvalue weighted by molar-refractivity contribution is 6.07. The molecule has 0 bridgehead atoms. The lowest BCUT2D eigenvalue weighted by Gasteiger charge is -2.44. The Kier molecular flexibility index (Phi) is 7.12. The Bertz CT molecular complexity index is 1580. The summed E-state index contributed by atoms with van der Waals surface area (Å²) < 4.78 is 14.4. The van der Waals surface area contributed by atoms with Crippen molar-refractivity contribution in [1.29, 1.82) is 0 Å². The molecule has 3 heterocycles. The SMILES string of the molecule is Cc1ccc(F)c(C(=O)N[C@@H](C(=O)N2CCC3(CC2)C(=O)N(C)C(=O)N3Cc2ccc3nccnc3c2)C2CCC2)c1. The Balaban J connectivity index is 1.19. The molecule has 5 amide bonds. The molecule has 1 atom stereocenters. The van der Waals surface area contributed by atoms with Gasteiger partial charge >= 0.3 is 6.03 Å². The molecule has 42 heavy (non-hydrogen) atoms. The zero-order valence-electron chi connectivity index (χ0n) is 23.7. The van der Waals surface area contributed by atoms with E-state index in [2.05, 4.69) is 15.3 Å². The van der Waals surface area contributed by atoms with Gasteiger partial charge in [0.15, 0.2) is 0 Å². The monoisotopic (exact) mass is 572 g/mol. The van der Waals surface area contributed by atoms with E-state index in [9.17, 15) is 23.6 Å². The minimum Gasteiger partial charge on any atom is -0.341 e. The summed E-state index contributed by atoms with van der Waals surface area (Å²) in [7, 11) is 1.49. The molecule has 1 aliphatic carbocycles. The summed E-state index contributed by atoms with van der Waals surface area (Å²) in [5.41, 5.74) is 1.86. The Morgan fingerprint density at radius 3 is 2.45 bits per heavy atom. The number of rotatable bonds is 6. The number of amides is 5. The molecule has 3 aliphatic rings. The molecule has 2 aliphatic heterocycles. The average molecular weight is 573 g/mol. The van der Waals surface area contributed by atoms with Gasteiger partial charge in [0.1, 0.15) is 17.4 Å². The standard InChI is InChI=1S/C31H33FN6O4/c1-19-6-8-23(32)22(16-19)27(39)35-26(21-4-3-5-21)28(40)37-14-10-31(11-15-37)29(41)36(2)30(42)38(31)18-20-7-9-24-25(17-20)34-13-12-33-24/h6-9,12-13,16-17,21,26H,3-5,10-11,14-15,18H2,1-2H3,(H,35,39)/t26-/m1/s1. The van der Waals surface area contributed by atoms with Crippen molar-refractivity contribution >= 4 is 34.8 Å². The van der Waals surface area contributed by atoms with Gasteiger partial charge in [0, 0.05) is 39.1 Å². The second kappa shape index (κ2) is 10.8. The minimum atomic E-state index is -1.07. The van der Waals surface area contributed by atoms with E-state index in [-0.39, 0.29) is 61.8 Å². The number of hydrogen-bond acceptors (Lipinski definition) is 6. The van der Waals surface area contributed by atoms with Crippen LogP contribution in [-0.2, 0) is 16.1 Å². The molecule has 218 valence electrons. The van der Waals surface area contributed by atoms with Crippen LogP contribution >= 0.6 is 0 Å². The highest BCUT2D eigenvalue weighted by Crippen LogP contribution is 2.39. The van der Waals surface area contributed by atoms with E-state index < -0.39 is 23.3 Å². The largest absolute Gasteiger partial charge is 0.341 e. The lowest BCUT2D eigenvalue weighted by atomic mass is 9.78. The van der Waals surface area contributed by atoms with Gasteiger partial charge in [-0.15, -0.1) is 0 Å². The third kappa shape index (κ3) is 4.76. The number of hydrogen-bond donors (Lipinski definition) is 1. The first-order chi connectivity index (χ1) is 20.2. The zero-order chi connectivity index (χ0) is 29.6. The van der Waals surface area contributed by atoms with Gasteiger partial charge in [-0.25, -0.2) is 9.18 Å². The lowest BCUT2D eigenvalue weighted by molar-refractivity contribution is -0.143. The molecular weight excluding hydrogens is 539 g/mol. The number of likely N-dealkylation sites (tertiary alicyclic amines) is 1. The number of aromatic nitrogens is 2. The van der Waals surface area contributed by atoms with E-state index in [1.165, 1.54) is 19.2 Å². The van der Waals surface area contributed by atoms with Crippen molar-refractivity contribution in [3.8, 4) is 0 Å². The molecule has 1 spiro atoms. The Morgan fingerprint density at radius 2 is 1.76 bits per heavy atom. The molecule has 0 unspecified atom stereocenters. The Labute approximate surface area is 242 Å². The van der Waals surface area contributed by atoms with Crippen molar-refractivity contribution in [2.45, 2.75) is 57.2 Å². The molecule has 2 saturated heterocycles.